The fraction of sp³-hybridized carbons (Fsp3) is 0.529. The molecule has 2 rings (SSSR count). The highest BCUT2D eigenvalue weighted by Crippen LogP contribution is 2.34. The van der Waals surface area contributed by atoms with E-state index in [1.54, 1.807) is 20.8 Å². The molecule has 2 aliphatic heterocycles. The Bertz CT molecular complexity index is 706. The van der Waals surface area contributed by atoms with E-state index in [1.807, 2.05) is 0 Å². The van der Waals surface area contributed by atoms with Gasteiger partial charge in [0.05, 0.1) is 5.70 Å². The summed E-state index contributed by atoms with van der Waals surface area (Å²) in [4.78, 5) is 48.1. The van der Waals surface area contributed by atoms with Crippen LogP contribution in [0.3, 0.4) is 0 Å². The lowest BCUT2D eigenvalue weighted by Crippen LogP contribution is -2.45. The fourth-order valence-corrected chi connectivity index (χ4v) is 2.95. The van der Waals surface area contributed by atoms with E-state index >= 15 is 0 Å². The molecule has 0 aromatic carbocycles. The number of amides is 2. The average Bonchev–Trinajstić information content (AvgIpc) is 2.96. The van der Waals surface area contributed by atoms with E-state index in [2.05, 4.69) is 11.9 Å². The summed E-state index contributed by atoms with van der Waals surface area (Å²) in [5.41, 5.74) is -0.383. The molecule has 142 valence electrons. The number of hydrogen-bond donors (Lipinski definition) is 2. The van der Waals surface area contributed by atoms with Gasteiger partial charge in [0.25, 0.3) is 5.91 Å². The van der Waals surface area contributed by atoms with Crippen LogP contribution in [0.25, 0.3) is 0 Å². The first-order valence-electron chi connectivity index (χ1n) is 8.14. The number of carboxylic acids is 1. The van der Waals surface area contributed by atoms with Gasteiger partial charge in [0.1, 0.15) is 17.6 Å². The Kier molecular flexibility index (Phi) is 5.22. The Morgan fingerprint density at radius 2 is 2.00 bits per heavy atom. The predicted molar refractivity (Wildman–Crippen MR) is 90.6 cm³/mol. The van der Waals surface area contributed by atoms with Crippen molar-refractivity contribution in [3.8, 4) is 0 Å². The average molecular weight is 365 g/mol. The molecular formula is C17H23N3O6. The third-order valence-corrected chi connectivity index (χ3v) is 3.97. The van der Waals surface area contributed by atoms with Gasteiger partial charge in [0, 0.05) is 18.7 Å². The molecular weight excluding hydrogens is 342 g/mol. The van der Waals surface area contributed by atoms with Crippen molar-refractivity contribution >= 4 is 23.8 Å². The highest BCUT2D eigenvalue weighted by molar-refractivity contribution is 5.99. The number of rotatable bonds is 5. The van der Waals surface area contributed by atoms with E-state index in [0.717, 1.165) is 0 Å². The molecule has 9 heteroatoms. The van der Waals surface area contributed by atoms with E-state index in [4.69, 9.17) is 4.74 Å². The number of ketones is 1. The first-order valence-corrected chi connectivity index (χ1v) is 8.14. The molecule has 0 spiro atoms. The number of nitrogens with one attached hydrogen (secondary N) is 1. The summed E-state index contributed by atoms with van der Waals surface area (Å²) in [5.74, 6) is -3.25. The first-order chi connectivity index (χ1) is 12.0. The van der Waals surface area contributed by atoms with Crippen LogP contribution < -0.4 is 5.32 Å². The number of carboxylic acid groups (broad SMARTS) is 1. The normalized spacial score (nSPS) is 21.5. The molecule has 0 aromatic rings. The molecule has 2 heterocycles. The smallest absolute Gasteiger partial charge is 0.408 e. The standard InChI is InChI=1S/C17H23N3O6/c1-6-10(15(23)24)13-11(9(2)21)7-19-8-12(14(22)20(13)19)18-16(25)26-17(3,4)5/h6,10,12H,1,7-8H2,2-5H3,(H,18,25)(H,23,24)/t10?,12-/m0/s1. The number of aliphatic carboxylic acids is 1. The van der Waals surface area contributed by atoms with E-state index in [0.29, 0.717) is 0 Å². The van der Waals surface area contributed by atoms with Crippen molar-refractivity contribution in [2.45, 2.75) is 39.3 Å². The van der Waals surface area contributed by atoms with Gasteiger partial charge in [-0.05, 0) is 27.7 Å². The Balaban J connectivity index is 2.27. The summed E-state index contributed by atoms with van der Waals surface area (Å²) in [5, 5.41) is 14.6. The van der Waals surface area contributed by atoms with Gasteiger partial charge in [-0.15, -0.1) is 6.58 Å². The molecule has 0 radical (unpaired) electrons. The highest BCUT2D eigenvalue weighted by atomic mass is 16.6. The largest absolute Gasteiger partial charge is 0.481 e. The molecule has 1 saturated heterocycles. The molecule has 0 bridgehead atoms. The van der Waals surface area contributed by atoms with Crippen LogP contribution >= 0.6 is 0 Å². The molecule has 9 nitrogen and oxygen atoms in total. The third-order valence-electron chi connectivity index (χ3n) is 3.97. The van der Waals surface area contributed by atoms with Gasteiger partial charge in [-0.1, -0.05) is 6.08 Å². The Morgan fingerprint density at radius 3 is 2.46 bits per heavy atom. The zero-order chi connectivity index (χ0) is 19.8. The lowest BCUT2D eigenvalue weighted by molar-refractivity contribution is -0.141. The van der Waals surface area contributed by atoms with E-state index in [1.165, 1.54) is 23.0 Å². The lowest BCUT2D eigenvalue weighted by atomic mass is 9.98. The number of nitrogens with zero attached hydrogens (tertiary/aromatic N) is 2. The molecule has 26 heavy (non-hydrogen) atoms. The fourth-order valence-electron chi connectivity index (χ4n) is 2.95. The molecule has 2 amide bonds. The number of Topliss-reactive ketones (excluding diaryl/α,β-unsaturated/α-hetero) is 1. The van der Waals surface area contributed by atoms with Crippen molar-refractivity contribution in [3.05, 3.63) is 23.9 Å². The highest BCUT2D eigenvalue weighted by Gasteiger charge is 2.49. The van der Waals surface area contributed by atoms with E-state index < -0.39 is 35.5 Å². The molecule has 0 aliphatic carbocycles. The van der Waals surface area contributed by atoms with Crippen molar-refractivity contribution in [3.63, 3.8) is 0 Å². The van der Waals surface area contributed by atoms with Crippen LogP contribution in [0.1, 0.15) is 27.7 Å². The van der Waals surface area contributed by atoms with E-state index in [-0.39, 0.29) is 30.1 Å². The summed E-state index contributed by atoms with van der Waals surface area (Å²) in [7, 11) is 0. The van der Waals surface area contributed by atoms with Crippen LogP contribution in [0.2, 0.25) is 0 Å². The van der Waals surface area contributed by atoms with Gasteiger partial charge < -0.3 is 15.2 Å². The van der Waals surface area contributed by atoms with Crippen molar-refractivity contribution in [1.82, 2.24) is 15.3 Å². The third kappa shape index (κ3) is 3.77. The Morgan fingerprint density at radius 1 is 1.38 bits per heavy atom. The number of ether oxygens (including phenoxy) is 1. The maximum absolute atomic E-state index is 12.8. The van der Waals surface area contributed by atoms with Crippen molar-refractivity contribution in [2.75, 3.05) is 13.1 Å². The van der Waals surface area contributed by atoms with Gasteiger partial charge in [-0.25, -0.2) is 14.8 Å². The lowest BCUT2D eigenvalue weighted by Gasteiger charge is -2.24. The quantitative estimate of drug-likeness (QED) is 0.688. The maximum Gasteiger partial charge on any atom is 0.408 e. The minimum atomic E-state index is -1.22. The summed E-state index contributed by atoms with van der Waals surface area (Å²) in [6.45, 7) is 10.1. The molecule has 0 saturated carbocycles. The number of hydrogen-bond acceptors (Lipinski definition) is 6. The summed E-state index contributed by atoms with van der Waals surface area (Å²) in [6.07, 6.45) is 0.431. The monoisotopic (exact) mass is 365 g/mol. The SMILES string of the molecule is C=CC(C(=O)O)C1=C(C(C)=O)CN2C[C@H](NC(=O)OC(C)(C)C)C(=O)N12. The minimum absolute atomic E-state index is 0.0819. The second-order valence-corrected chi connectivity index (χ2v) is 7.17. The van der Waals surface area contributed by atoms with Gasteiger partial charge in [-0.3, -0.25) is 14.4 Å². The van der Waals surface area contributed by atoms with Gasteiger partial charge >= 0.3 is 12.1 Å². The molecule has 1 fully saturated rings. The predicted octanol–water partition coefficient (Wildman–Crippen LogP) is 0.682. The summed E-state index contributed by atoms with van der Waals surface area (Å²) in [6, 6.07) is -0.896. The van der Waals surface area contributed by atoms with Crippen molar-refractivity contribution < 1.29 is 29.0 Å². The van der Waals surface area contributed by atoms with Crippen LogP contribution in [0, 0.1) is 5.92 Å². The van der Waals surface area contributed by atoms with E-state index in [9.17, 15) is 24.3 Å². The van der Waals surface area contributed by atoms with Crippen LogP contribution in [0.15, 0.2) is 23.9 Å². The molecule has 0 aromatic heterocycles. The number of carbonyl (C=O) groups excluding carboxylic acids is 3. The van der Waals surface area contributed by atoms with Crippen molar-refractivity contribution in [2.24, 2.45) is 5.92 Å². The second-order valence-electron chi connectivity index (χ2n) is 7.17. The number of hydrazine groups is 1. The summed E-state index contributed by atoms with van der Waals surface area (Å²) >= 11 is 0. The number of fused-ring (bicyclic) bond motifs is 1. The molecule has 2 aliphatic rings. The second kappa shape index (κ2) is 6.91. The Hall–Kier alpha value is -2.68. The van der Waals surface area contributed by atoms with Crippen LogP contribution in [0.5, 0.6) is 0 Å². The van der Waals surface area contributed by atoms with Gasteiger partial charge in [0.15, 0.2) is 5.78 Å². The van der Waals surface area contributed by atoms with Crippen LogP contribution in [-0.2, 0) is 19.1 Å². The number of alkyl carbamates (subject to hydrolysis) is 1. The van der Waals surface area contributed by atoms with Crippen LogP contribution in [-0.4, -0.2) is 63.6 Å². The zero-order valence-electron chi connectivity index (χ0n) is 15.2. The van der Waals surface area contributed by atoms with Crippen molar-refractivity contribution in [1.29, 1.82) is 0 Å². The molecule has 2 atom stereocenters. The summed E-state index contributed by atoms with van der Waals surface area (Å²) < 4.78 is 5.15. The molecule has 1 unspecified atom stereocenters. The van der Waals surface area contributed by atoms with Gasteiger partial charge in [-0.2, -0.15) is 0 Å². The first kappa shape index (κ1) is 19.6. The van der Waals surface area contributed by atoms with Crippen LogP contribution in [0.4, 0.5) is 4.79 Å². The number of carbonyl (C=O) groups is 4. The zero-order valence-corrected chi connectivity index (χ0v) is 15.2. The molecule has 2 N–H and O–H groups in total. The topological polar surface area (TPSA) is 116 Å². The maximum atomic E-state index is 12.8. The minimum Gasteiger partial charge on any atom is -0.481 e. The Labute approximate surface area is 151 Å². The van der Waals surface area contributed by atoms with Gasteiger partial charge in [0.2, 0.25) is 0 Å².